The number of carbonyl (C=O) groups is 3. The molecular weight excluding hydrogens is 408 g/mol. The Morgan fingerprint density at radius 2 is 1.97 bits per heavy atom. The number of rotatable bonds is 7. The zero-order valence-corrected chi connectivity index (χ0v) is 17.6. The smallest absolute Gasteiger partial charge is 0.306 e. The van der Waals surface area contributed by atoms with Crippen LogP contribution in [-0.4, -0.2) is 35.7 Å². The average Bonchev–Trinajstić information content (AvgIpc) is 3.07. The van der Waals surface area contributed by atoms with Gasteiger partial charge in [0.1, 0.15) is 0 Å². The molecule has 0 N–H and O–H groups in total. The summed E-state index contributed by atoms with van der Waals surface area (Å²) in [5.41, 5.74) is 1.93. The van der Waals surface area contributed by atoms with Crippen LogP contribution < -0.4 is 4.90 Å². The number of aryl methyl sites for hydroxylation is 3. The molecule has 1 amide bonds. The van der Waals surface area contributed by atoms with Gasteiger partial charge < -0.3 is 9.64 Å². The first-order chi connectivity index (χ1) is 14.3. The number of esters is 1. The topological polar surface area (TPSA) is 107 Å². The fraction of sp³-hybridized carbons (Fsp3) is 0.381. The number of hydrogen-bond acceptors (Lipinski definition) is 7. The molecule has 2 heterocycles. The highest BCUT2D eigenvalue weighted by atomic mass is 32.1. The third-order valence-corrected chi connectivity index (χ3v) is 5.91. The highest BCUT2D eigenvalue weighted by molar-refractivity contribution is 7.12. The number of fused-ring (bicyclic) bond motifs is 1. The van der Waals surface area contributed by atoms with Gasteiger partial charge in [-0.25, -0.2) is 0 Å². The van der Waals surface area contributed by atoms with Gasteiger partial charge in [-0.15, -0.1) is 11.3 Å². The van der Waals surface area contributed by atoms with Crippen molar-refractivity contribution in [3.63, 3.8) is 0 Å². The number of non-ortho nitro benzene ring substituents is 1. The van der Waals surface area contributed by atoms with E-state index in [0.717, 1.165) is 15.3 Å². The number of nitro groups is 1. The Kier molecular flexibility index (Phi) is 6.61. The zero-order valence-electron chi connectivity index (χ0n) is 16.8. The Labute approximate surface area is 177 Å². The van der Waals surface area contributed by atoms with E-state index >= 15 is 0 Å². The van der Waals surface area contributed by atoms with Gasteiger partial charge in [-0.3, -0.25) is 24.5 Å². The lowest BCUT2D eigenvalue weighted by molar-refractivity contribution is -0.384. The number of Topliss-reactive ketones (excluding diaryl/α,β-unsaturated/α-hetero) is 1. The number of anilines is 1. The zero-order chi connectivity index (χ0) is 21.8. The minimum absolute atomic E-state index is 0.0183. The lowest BCUT2D eigenvalue weighted by Crippen LogP contribution is -2.38. The van der Waals surface area contributed by atoms with E-state index in [1.54, 1.807) is 6.07 Å². The van der Waals surface area contributed by atoms with Crippen LogP contribution in [0.15, 0.2) is 24.3 Å². The maximum absolute atomic E-state index is 12.5. The van der Waals surface area contributed by atoms with Crippen molar-refractivity contribution >= 4 is 40.4 Å². The minimum Gasteiger partial charge on any atom is -0.456 e. The van der Waals surface area contributed by atoms with Gasteiger partial charge in [0.2, 0.25) is 0 Å². The molecule has 1 aliphatic heterocycles. The third-order valence-electron chi connectivity index (χ3n) is 4.95. The van der Waals surface area contributed by atoms with Crippen LogP contribution >= 0.6 is 11.3 Å². The van der Waals surface area contributed by atoms with E-state index in [1.165, 1.54) is 28.4 Å². The standard InChI is InChI=1S/C21H22N2O6S/c1-13-10-17(14(2)30-13)19(24)7-8-21(26)29-12-20(25)22-9-3-4-15-11-16(23(27)28)5-6-18(15)22/h5-6,10-11H,3-4,7-9,12H2,1-2H3. The van der Waals surface area contributed by atoms with E-state index in [4.69, 9.17) is 4.74 Å². The lowest BCUT2D eigenvalue weighted by atomic mass is 10.0. The van der Waals surface area contributed by atoms with Gasteiger partial charge in [0.05, 0.1) is 11.3 Å². The molecule has 30 heavy (non-hydrogen) atoms. The Bertz CT molecular complexity index is 1010. The van der Waals surface area contributed by atoms with Crippen molar-refractivity contribution in [2.75, 3.05) is 18.1 Å². The summed E-state index contributed by atoms with van der Waals surface area (Å²) < 4.78 is 5.07. The molecule has 0 aliphatic carbocycles. The number of nitrogens with zero attached hydrogens (tertiary/aromatic N) is 2. The van der Waals surface area contributed by atoms with Crippen LogP contribution in [0.4, 0.5) is 11.4 Å². The molecular formula is C21H22N2O6S. The fourth-order valence-corrected chi connectivity index (χ4v) is 4.45. The Hall–Kier alpha value is -3.07. The Balaban J connectivity index is 1.53. The molecule has 0 atom stereocenters. The van der Waals surface area contributed by atoms with Crippen molar-refractivity contribution in [1.82, 2.24) is 0 Å². The molecule has 158 valence electrons. The van der Waals surface area contributed by atoms with E-state index in [-0.39, 0.29) is 24.3 Å². The molecule has 0 saturated heterocycles. The molecule has 0 unspecified atom stereocenters. The summed E-state index contributed by atoms with van der Waals surface area (Å²) >= 11 is 1.53. The first kappa shape index (κ1) is 21.6. The maximum Gasteiger partial charge on any atom is 0.306 e. The van der Waals surface area contributed by atoms with Gasteiger partial charge in [0.15, 0.2) is 12.4 Å². The number of amides is 1. The van der Waals surface area contributed by atoms with E-state index in [1.807, 2.05) is 19.9 Å². The summed E-state index contributed by atoms with van der Waals surface area (Å²) in [7, 11) is 0. The summed E-state index contributed by atoms with van der Waals surface area (Å²) in [4.78, 5) is 50.7. The van der Waals surface area contributed by atoms with E-state index in [0.29, 0.717) is 30.6 Å². The molecule has 8 nitrogen and oxygen atoms in total. The summed E-state index contributed by atoms with van der Waals surface area (Å²) in [5, 5.41) is 10.9. The van der Waals surface area contributed by atoms with Gasteiger partial charge in [-0.05, 0) is 44.4 Å². The number of thiophene rings is 1. The quantitative estimate of drug-likeness (QED) is 0.286. The van der Waals surface area contributed by atoms with E-state index in [2.05, 4.69) is 0 Å². The first-order valence-electron chi connectivity index (χ1n) is 9.60. The van der Waals surface area contributed by atoms with Crippen molar-refractivity contribution in [3.05, 3.63) is 55.3 Å². The van der Waals surface area contributed by atoms with Crippen molar-refractivity contribution < 1.29 is 24.0 Å². The maximum atomic E-state index is 12.5. The van der Waals surface area contributed by atoms with Crippen LogP contribution in [-0.2, 0) is 20.7 Å². The number of hydrogen-bond donors (Lipinski definition) is 0. The van der Waals surface area contributed by atoms with Gasteiger partial charge in [-0.1, -0.05) is 0 Å². The number of ketones is 1. The SMILES string of the molecule is Cc1cc(C(=O)CCC(=O)OCC(=O)N2CCCc3cc([N+](=O)[O-])ccc32)c(C)s1. The molecule has 9 heteroatoms. The molecule has 3 rings (SSSR count). The largest absolute Gasteiger partial charge is 0.456 e. The highest BCUT2D eigenvalue weighted by Crippen LogP contribution is 2.30. The predicted molar refractivity (Wildman–Crippen MR) is 112 cm³/mol. The van der Waals surface area contributed by atoms with E-state index in [9.17, 15) is 24.5 Å². The predicted octanol–water partition coefficient (Wildman–Crippen LogP) is 3.76. The molecule has 0 radical (unpaired) electrons. The van der Waals surface area contributed by atoms with E-state index < -0.39 is 23.4 Å². The summed E-state index contributed by atoms with van der Waals surface area (Å²) in [5.74, 6) is -1.12. The van der Waals surface area contributed by atoms with Crippen LogP contribution in [0.25, 0.3) is 0 Å². The molecule has 0 bridgehead atoms. The average molecular weight is 430 g/mol. The molecule has 0 saturated carbocycles. The van der Waals surface area contributed by atoms with Crippen molar-refractivity contribution in [3.8, 4) is 0 Å². The first-order valence-corrected chi connectivity index (χ1v) is 10.4. The molecule has 1 aliphatic rings. The van der Waals surface area contributed by atoms with Crippen LogP contribution in [0.1, 0.15) is 44.9 Å². The minimum atomic E-state index is -0.609. The summed E-state index contributed by atoms with van der Waals surface area (Å²) in [6.07, 6.45) is 1.25. The number of nitro benzene ring substituents is 1. The number of carbonyl (C=O) groups excluding carboxylic acids is 3. The second-order valence-electron chi connectivity index (χ2n) is 7.13. The summed E-state index contributed by atoms with van der Waals surface area (Å²) in [6, 6.07) is 6.20. The summed E-state index contributed by atoms with van der Waals surface area (Å²) in [6.45, 7) is 3.81. The molecule has 0 fully saturated rings. The monoisotopic (exact) mass is 430 g/mol. The third kappa shape index (κ3) is 4.91. The second kappa shape index (κ2) is 9.17. The normalized spacial score (nSPS) is 12.9. The van der Waals surface area contributed by atoms with Crippen molar-refractivity contribution in [2.45, 2.75) is 39.5 Å². The molecule has 1 aromatic heterocycles. The Morgan fingerprint density at radius 3 is 2.63 bits per heavy atom. The molecule has 0 spiro atoms. The van der Waals surface area contributed by atoms with Crippen LogP contribution in [0, 0.1) is 24.0 Å². The second-order valence-corrected chi connectivity index (χ2v) is 8.59. The number of ether oxygens (including phenoxy) is 1. The van der Waals surface area contributed by atoms with Gasteiger partial charge in [-0.2, -0.15) is 0 Å². The molecule has 2 aromatic rings. The molecule has 1 aromatic carbocycles. The highest BCUT2D eigenvalue weighted by Gasteiger charge is 2.25. The van der Waals surface area contributed by atoms with Gasteiger partial charge in [0, 0.05) is 46.1 Å². The van der Waals surface area contributed by atoms with Gasteiger partial charge in [0.25, 0.3) is 11.6 Å². The van der Waals surface area contributed by atoms with Crippen LogP contribution in [0.3, 0.4) is 0 Å². The fourth-order valence-electron chi connectivity index (χ4n) is 3.51. The lowest BCUT2D eigenvalue weighted by Gasteiger charge is -2.29. The number of benzene rings is 1. The Morgan fingerprint density at radius 1 is 1.20 bits per heavy atom. The van der Waals surface area contributed by atoms with Crippen molar-refractivity contribution in [1.29, 1.82) is 0 Å². The van der Waals surface area contributed by atoms with Crippen LogP contribution in [0.5, 0.6) is 0 Å². The van der Waals surface area contributed by atoms with Crippen molar-refractivity contribution in [2.24, 2.45) is 0 Å². The van der Waals surface area contributed by atoms with Gasteiger partial charge >= 0.3 is 5.97 Å². The van der Waals surface area contributed by atoms with Crippen LogP contribution in [0.2, 0.25) is 0 Å².